The van der Waals surface area contributed by atoms with Gasteiger partial charge in [-0.25, -0.2) is 9.79 Å². The highest BCUT2D eigenvalue weighted by atomic mass is 16.6. The summed E-state index contributed by atoms with van der Waals surface area (Å²) in [5.41, 5.74) is 1.63. The molecule has 0 radical (unpaired) electrons. The van der Waals surface area contributed by atoms with Gasteiger partial charge < -0.3 is 4.74 Å². The van der Waals surface area contributed by atoms with Crippen molar-refractivity contribution in [3.05, 3.63) is 65.9 Å². The Morgan fingerprint density at radius 3 is 2.63 bits per heavy atom. The van der Waals surface area contributed by atoms with Gasteiger partial charge in [0.15, 0.2) is 5.70 Å². The summed E-state index contributed by atoms with van der Waals surface area (Å²) >= 11 is 0. The summed E-state index contributed by atoms with van der Waals surface area (Å²) in [6, 6.07) is 8.91. The van der Waals surface area contributed by atoms with E-state index >= 15 is 0 Å². The number of aliphatic imine (C=N–C) groups is 1. The van der Waals surface area contributed by atoms with Gasteiger partial charge in [-0.2, -0.15) is 0 Å². The minimum Gasteiger partial charge on any atom is -0.400 e. The van der Waals surface area contributed by atoms with Gasteiger partial charge in [-0.15, -0.1) is 0 Å². The number of ether oxygens (including phenoxy) is 1. The highest BCUT2D eigenvalue weighted by Crippen LogP contribution is 2.17. The lowest BCUT2D eigenvalue weighted by Crippen LogP contribution is -2.06. The molecule has 5 nitrogen and oxygen atoms in total. The molecular weight excluding hydrogens is 242 g/mol. The van der Waals surface area contributed by atoms with Crippen LogP contribution in [0.5, 0.6) is 0 Å². The van der Waals surface area contributed by atoms with Crippen molar-refractivity contribution in [2.24, 2.45) is 4.99 Å². The van der Waals surface area contributed by atoms with Crippen molar-refractivity contribution in [2.45, 2.75) is 0 Å². The minimum atomic E-state index is -0.475. The average molecular weight is 251 g/mol. The van der Waals surface area contributed by atoms with E-state index in [1.54, 1.807) is 48.9 Å². The molecule has 0 spiro atoms. The van der Waals surface area contributed by atoms with E-state index < -0.39 is 5.97 Å². The Balaban J connectivity index is 1.94. The first-order valence-corrected chi connectivity index (χ1v) is 5.67. The fraction of sp³-hybridized carbons (Fsp3) is 0. The number of rotatable bonds is 2. The van der Waals surface area contributed by atoms with Gasteiger partial charge in [0.25, 0.3) is 0 Å². The van der Waals surface area contributed by atoms with Crippen LogP contribution in [0.15, 0.2) is 59.6 Å². The Hall–Kier alpha value is -2.82. The molecule has 0 fully saturated rings. The van der Waals surface area contributed by atoms with E-state index in [0.29, 0.717) is 5.69 Å². The van der Waals surface area contributed by atoms with E-state index in [0.717, 1.165) is 5.56 Å². The van der Waals surface area contributed by atoms with E-state index in [1.807, 2.05) is 6.07 Å². The van der Waals surface area contributed by atoms with Gasteiger partial charge >= 0.3 is 5.97 Å². The summed E-state index contributed by atoms with van der Waals surface area (Å²) in [7, 11) is 0. The number of esters is 1. The van der Waals surface area contributed by atoms with Crippen LogP contribution in [0.4, 0.5) is 0 Å². The third-order valence-corrected chi connectivity index (χ3v) is 2.51. The first kappa shape index (κ1) is 11.3. The van der Waals surface area contributed by atoms with Crippen molar-refractivity contribution in [2.75, 3.05) is 0 Å². The van der Waals surface area contributed by atoms with Gasteiger partial charge in [-0.3, -0.25) is 9.97 Å². The van der Waals surface area contributed by atoms with Crippen LogP contribution in [-0.4, -0.2) is 21.8 Å². The molecule has 1 aliphatic rings. The number of cyclic esters (lactones) is 1. The predicted octanol–water partition coefficient (Wildman–Crippen LogP) is 1.82. The normalized spacial score (nSPS) is 16.3. The Kier molecular flexibility index (Phi) is 2.86. The Bertz CT molecular complexity index is 664. The number of pyridine rings is 2. The highest BCUT2D eigenvalue weighted by Gasteiger charge is 2.24. The topological polar surface area (TPSA) is 64.4 Å². The smallest absolute Gasteiger partial charge is 0.363 e. The van der Waals surface area contributed by atoms with Gasteiger partial charge in [-0.1, -0.05) is 6.07 Å². The summed E-state index contributed by atoms with van der Waals surface area (Å²) in [5, 5.41) is 0. The zero-order valence-corrected chi connectivity index (χ0v) is 9.85. The average Bonchev–Trinajstić information content (AvgIpc) is 2.82. The summed E-state index contributed by atoms with van der Waals surface area (Å²) in [5.74, 6) is -0.247. The number of carbonyl (C=O) groups is 1. The van der Waals surface area contributed by atoms with E-state index in [1.165, 1.54) is 0 Å². The summed E-state index contributed by atoms with van der Waals surface area (Å²) in [4.78, 5) is 23.9. The second-order valence-corrected chi connectivity index (χ2v) is 3.83. The number of carbonyl (C=O) groups excluding carboxylic acids is 1. The fourth-order valence-corrected chi connectivity index (χ4v) is 1.63. The van der Waals surface area contributed by atoms with E-state index in [4.69, 9.17) is 4.74 Å². The third-order valence-electron chi connectivity index (χ3n) is 2.51. The van der Waals surface area contributed by atoms with Crippen LogP contribution in [0.3, 0.4) is 0 Å². The molecule has 92 valence electrons. The lowest BCUT2D eigenvalue weighted by atomic mass is 10.2. The van der Waals surface area contributed by atoms with Crippen LogP contribution in [0.25, 0.3) is 6.08 Å². The first-order chi connectivity index (χ1) is 9.33. The molecule has 0 aromatic carbocycles. The lowest BCUT2D eigenvalue weighted by Gasteiger charge is -1.96. The predicted molar refractivity (Wildman–Crippen MR) is 69.1 cm³/mol. The molecule has 0 aliphatic carbocycles. The van der Waals surface area contributed by atoms with E-state index in [2.05, 4.69) is 15.0 Å². The van der Waals surface area contributed by atoms with Crippen molar-refractivity contribution >= 4 is 17.9 Å². The SMILES string of the molecule is O=C1OC(c2ccccn2)=N/C1=C/c1ccncc1. The molecular formula is C14H9N3O2. The van der Waals surface area contributed by atoms with Crippen molar-refractivity contribution in [3.63, 3.8) is 0 Å². The van der Waals surface area contributed by atoms with Crippen LogP contribution in [0.2, 0.25) is 0 Å². The third kappa shape index (κ3) is 2.40. The summed E-state index contributed by atoms with van der Waals surface area (Å²) < 4.78 is 5.10. The van der Waals surface area contributed by atoms with Crippen molar-refractivity contribution in [3.8, 4) is 0 Å². The molecule has 0 atom stereocenters. The van der Waals surface area contributed by atoms with Gasteiger partial charge in [0, 0.05) is 18.6 Å². The van der Waals surface area contributed by atoms with Crippen molar-refractivity contribution in [1.82, 2.24) is 9.97 Å². The van der Waals surface area contributed by atoms with Crippen LogP contribution >= 0.6 is 0 Å². The van der Waals surface area contributed by atoms with Crippen molar-refractivity contribution < 1.29 is 9.53 Å². The molecule has 3 rings (SSSR count). The molecule has 2 aromatic heterocycles. The zero-order chi connectivity index (χ0) is 13.1. The van der Waals surface area contributed by atoms with Crippen LogP contribution < -0.4 is 0 Å². The quantitative estimate of drug-likeness (QED) is 0.603. The number of hydrogen-bond donors (Lipinski definition) is 0. The van der Waals surface area contributed by atoms with Crippen molar-refractivity contribution in [1.29, 1.82) is 0 Å². The van der Waals surface area contributed by atoms with Gasteiger partial charge in [0.05, 0.1) is 0 Å². The Morgan fingerprint density at radius 1 is 1.05 bits per heavy atom. The number of aromatic nitrogens is 2. The largest absolute Gasteiger partial charge is 0.400 e. The van der Waals surface area contributed by atoms with Gasteiger partial charge in [0.2, 0.25) is 5.90 Å². The summed E-state index contributed by atoms with van der Waals surface area (Å²) in [6.45, 7) is 0. The monoisotopic (exact) mass is 251 g/mol. The van der Waals surface area contributed by atoms with Crippen LogP contribution in [0.1, 0.15) is 11.3 Å². The molecule has 0 saturated heterocycles. The second kappa shape index (κ2) is 4.81. The second-order valence-electron chi connectivity index (χ2n) is 3.83. The molecule has 0 amide bonds. The van der Waals surface area contributed by atoms with E-state index in [9.17, 15) is 4.79 Å². The van der Waals surface area contributed by atoms with Crippen LogP contribution in [0, 0.1) is 0 Å². The Labute approximate surface area is 109 Å². The number of hydrogen-bond acceptors (Lipinski definition) is 5. The standard InChI is InChI=1S/C14H9N3O2/c18-14-12(9-10-4-7-15-8-5-10)17-13(19-14)11-3-1-2-6-16-11/h1-9H/b12-9+. The molecule has 0 saturated carbocycles. The van der Waals surface area contributed by atoms with Gasteiger partial charge in [0.1, 0.15) is 5.69 Å². The molecule has 19 heavy (non-hydrogen) atoms. The van der Waals surface area contributed by atoms with Crippen LogP contribution in [-0.2, 0) is 9.53 Å². The molecule has 1 aliphatic heterocycles. The minimum absolute atomic E-state index is 0.228. The molecule has 3 heterocycles. The number of nitrogens with zero attached hydrogens (tertiary/aromatic N) is 3. The summed E-state index contributed by atoms with van der Waals surface area (Å²) in [6.07, 6.45) is 6.57. The highest BCUT2D eigenvalue weighted by molar-refractivity contribution is 6.12. The maximum Gasteiger partial charge on any atom is 0.363 e. The zero-order valence-electron chi connectivity index (χ0n) is 9.85. The molecule has 2 aromatic rings. The lowest BCUT2D eigenvalue weighted by molar-refractivity contribution is -0.129. The Morgan fingerprint density at radius 2 is 1.89 bits per heavy atom. The molecule has 5 heteroatoms. The maximum absolute atomic E-state index is 11.7. The molecule has 0 N–H and O–H groups in total. The van der Waals surface area contributed by atoms with E-state index in [-0.39, 0.29) is 11.6 Å². The van der Waals surface area contributed by atoms with Gasteiger partial charge in [-0.05, 0) is 35.9 Å². The first-order valence-electron chi connectivity index (χ1n) is 5.67. The molecule has 0 unspecified atom stereocenters. The fourth-order valence-electron chi connectivity index (χ4n) is 1.63. The maximum atomic E-state index is 11.7. The molecule has 0 bridgehead atoms.